The fourth-order valence-corrected chi connectivity index (χ4v) is 1.81. The van der Waals surface area contributed by atoms with E-state index in [4.69, 9.17) is 23.2 Å². The van der Waals surface area contributed by atoms with Gasteiger partial charge in [-0.15, -0.1) is 11.6 Å². The van der Waals surface area contributed by atoms with Crippen molar-refractivity contribution in [2.24, 2.45) is 0 Å². The first-order valence-electron chi connectivity index (χ1n) is 5.82. The molecule has 0 fully saturated rings. The van der Waals surface area contributed by atoms with Gasteiger partial charge in [-0.1, -0.05) is 11.6 Å². The molecule has 0 aliphatic carbocycles. The summed E-state index contributed by atoms with van der Waals surface area (Å²) in [6.07, 6.45) is 1.86. The number of halogens is 2. The average molecular weight is 304 g/mol. The fraction of sp³-hybridized carbons (Fsp3) is 0.385. The Bertz CT molecular complexity index is 463. The van der Waals surface area contributed by atoms with E-state index >= 15 is 0 Å². The highest BCUT2D eigenvalue weighted by Crippen LogP contribution is 2.23. The number of carbonyl (C=O) groups excluding carboxylic acids is 2. The van der Waals surface area contributed by atoms with Gasteiger partial charge in [-0.05, 0) is 31.0 Å². The lowest BCUT2D eigenvalue weighted by molar-refractivity contribution is -0.116. The monoisotopic (exact) mass is 303 g/mol. The molecule has 0 aliphatic rings. The highest BCUT2D eigenvalue weighted by Gasteiger charge is 2.11. The molecule has 0 spiro atoms. The standard InChI is InChI=1S/C13H15Cl2NO3/c1-19-13(18)9-5-6-10(15)11(8-9)16-12(17)4-2-3-7-14/h5-6,8H,2-4,7H2,1H3,(H,16,17). The Morgan fingerprint density at radius 2 is 2.05 bits per heavy atom. The molecule has 1 aromatic rings. The van der Waals surface area contributed by atoms with E-state index in [1.54, 1.807) is 6.07 Å². The average Bonchev–Trinajstić information content (AvgIpc) is 2.40. The third kappa shape index (κ3) is 5.09. The van der Waals surface area contributed by atoms with Crippen LogP contribution in [-0.2, 0) is 9.53 Å². The summed E-state index contributed by atoms with van der Waals surface area (Å²) in [5.74, 6) is -0.102. The molecule has 0 atom stereocenters. The molecule has 0 unspecified atom stereocenters. The topological polar surface area (TPSA) is 55.4 Å². The molecule has 0 aliphatic heterocycles. The second-order valence-corrected chi connectivity index (χ2v) is 4.67. The first-order chi connectivity index (χ1) is 9.08. The van der Waals surface area contributed by atoms with E-state index in [2.05, 4.69) is 10.1 Å². The van der Waals surface area contributed by atoms with Crippen LogP contribution in [0.2, 0.25) is 5.02 Å². The second kappa shape index (κ2) is 8.02. The van der Waals surface area contributed by atoms with Crippen LogP contribution >= 0.6 is 23.2 Å². The second-order valence-electron chi connectivity index (χ2n) is 3.88. The molecular weight excluding hydrogens is 289 g/mol. The van der Waals surface area contributed by atoms with Crippen molar-refractivity contribution in [2.45, 2.75) is 19.3 Å². The van der Waals surface area contributed by atoms with E-state index in [1.165, 1.54) is 19.2 Å². The molecule has 1 amide bonds. The number of methoxy groups -OCH3 is 1. The summed E-state index contributed by atoms with van der Waals surface area (Å²) in [5, 5.41) is 3.04. The van der Waals surface area contributed by atoms with Crippen molar-refractivity contribution in [1.82, 2.24) is 0 Å². The van der Waals surface area contributed by atoms with Crippen LogP contribution in [0.25, 0.3) is 0 Å². The number of benzene rings is 1. The maximum Gasteiger partial charge on any atom is 0.337 e. The SMILES string of the molecule is COC(=O)c1ccc(Cl)c(NC(=O)CCCCCl)c1. The van der Waals surface area contributed by atoms with Crippen LogP contribution in [0.1, 0.15) is 29.6 Å². The minimum Gasteiger partial charge on any atom is -0.465 e. The Labute approximate surface area is 122 Å². The minimum atomic E-state index is -0.477. The molecule has 1 rings (SSSR count). The van der Waals surface area contributed by atoms with Gasteiger partial charge in [0.15, 0.2) is 0 Å². The van der Waals surface area contributed by atoms with Crippen molar-refractivity contribution in [1.29, 1.82) is 0 Å². The number of ether oxygens (including phenoxy) is 1. The van der Waals surface area contributed by atoms with Crippen molar-refractivity contribution in [2.75, 3.05) is 18.3 Å². The zero-order chi connectivity index (χ0) is 14.3. The Morgan fingerprint density at radius 1 is 1.32 bits per heavy atom. The predicted molar refractivity (Wildman–Crippen MR) is 76.0 cm³/mol. The smallest absolute Gasteiger partial charge is 0.337 e. The summed E-state index contributed by atoms with van der Waals surface area (Å²) in [6, 6.07) is 4.58. The molecule has 19 heavy (non-hydrogen) atoms. The Balaban J connectivity index is 2.71. The maximum atomic E-state index is 11.7. The lowest BCUT2D eigenvalue weighted by Gasteiger charge is -2.08. The summed E-state index contributed by atoms with van der Waals surface area (Å²) in [7, 11) is 1.29. The Hall–Kier alpha value is -1.26. The molecule has 104 valence electrons. The quantitative estimate of drug-likeness (QED) is 0.497. The number of rotatable bonds is 6. The molecule has 1 aromatic carbocycles. The number of anilines is 1. The highest BCUT2D eigenvalue weighted by molar-refractivity contribution is 6.33. The van der Waals surface area contributed by atoms with Gasteiger partial charge < -0.3 is 10.1 Å². The van der Waals surface area contributed by atoms with Crippen molar-refractivity contribution in [3.8, 4) is 0 Å². The van der Waals surface area contributed by atoms with Crippen LogP contribution in [0.4, 0.5) is 5.69 Å². The van der Waals surface area contributed by atoms with E-state index in [9.17, 15) is 9.59 Å². The van der Waals surface area contributed by atoms with Crippen LogP contribution in [0.15, 0.2) is 18.2 Å². The van der Waals surface area contributed by atoms with Crippen molar-refractivity contribution in [3.05, 3.63) is 28.8 Å². The number of hydrogen-bond donors (Lipinski definition) is 1. The molecule has 0 heterocycles. The Morgan fingerprint density at radius 3 is 2.68 bits per heavy atom. The number of carbonyl (C=O) groups is 2. The summed E-state index contributed by atoms with van der Waals surface area (Å²) < 4.78 is 4.61. The highest BCUT2D eigenvalue weighted by atomic mass is 35.5. The molecule has 4 nitrogen and oxygen atoms in total. The van der Waals surface area contributed by atoms with E-state index in [0.29, 0.717) is 35.0 Å². The van der Waals surface area contributed by atoms with Crippen molar-refractivity contribution >= 4 is 40.8 Å². The normalized spacial score (nSPS) is 10.1. The van der Waals surface area contributed by atoms with Crippen LogP contribution in [0.3, 0.4) is 0 Å². The number of esters is 1. The van der Waals surface area contributed by atoms with Gasteiger partial charge in [0.25, 0.3) is 0 Å². The third-order valence-electron chi connectivity index (χ3n) is 2.45. The van der Waals surface area contributed by atoms with Crippen molar-refractivity contribution in [3.63, 3.8) is 0 Å². The van der Waals surface area contributed by atoms with Gasteiger partial charge in [0, 0.05) is 12.3 Å². The first-order valence-corrected chi connectivity index (χ1v) is 6.73. The Kier molecular flexibility index (Phi) is 6.67. The molecular formula is C13H15Cl2NO3. The van der Waals surface area contributed by atoms with Crippen LogP contribution in [0.5, 0.6) is 0 Å². The third-order valence-corrected chi connectivity index (χ3v) is 3.05. The van der Waals surface area contributed by atoms with Crippen molar-refractivity contribution < 1.29 is 14.3 Å². The molecule has 0 saturated heterocycles. The number of nitrogens with one attached hydrogen (secondary N) is 1. The summed E-state index contributed by atoms with van der Waals surface area (Å²) in [5.41, 5.74) is 0.739. The van der Waals surface area contributed by atoms with Gasteiger partial charge in [0.1, 0.15) is 0 Å². The molecule has 1 N–H and O–H groups in total. The summed E-state index contributed by atoms with van der Waals surface area (Å²) in [6.45, 7) is 0. The summed E-state index contributed by atoms with van der Waals surface area (Å²) in [4.78, 5) is 23.0. The zero-order valence-electron chi connectivity index (χ0n) is 10.5. The molecule has 0 saturated carbocycles. The fourth-order valence-electron chi connectivity index (χ4n) is 1.46. The van der Waals surface area contributed by atoms with Gasteiger partial charge in [0.2, 0.25) is 5.91 Å². The van der Waals surface area contributed by atoms with E-state index in [0.717, 1.165) is 6.42 Å². The lowest BCUT2D eigenvalue weighted by atomic mass is 10.2. The minimum absolute atomic E-state index is 0.158. The van der Waals surface area contributed by atoms with Gasteiger partial charge in [0.05, 0.1) is 23.4 Å². The molecule has 6 heteroatoms. The largest absolute Gasteiger partial charge is 0.465 e. The summed E-state index contributed by atoms with van der Waals surface area (Å²) >= 11 is 11.5. The van der Waals surface area contributed by atoms with Crippen LogP contribution in [-0.4, -0.2) is 24.9 Å². The van der Waals surface area contributed by atoms with E-state index in [-0.39, 0.29) is 5.91 Å². The van der Waals surface area contributed by atoms with Crippen LogP contribution in [0, 0.1) is 0 Å². The first kappa shape index (κ1) is 15.8. The van der Waals surface area contributed by atoms with Gasteiger partial charge in [-0.2, -0.15) is 0 Å². The van der Waals surface area contributed by atoms with E-state index < -0.39 is 5.97 Å². The number of amides is 1. The number of hydrogen-bond acceptors (Lipinski definition) is 3. The van der Waals surface area contributed by atoms with Gasteiger partial charge in [-0.3, -0.25) is 4.79 Å². The van der Waals surface area contributed by atoms with Gasteiger partial charge in [-0.25, -0.2) is 4.79 Å². The van der Waals surface area contributed by atoms with Crippen LogP contribution < -0.4 is 5.32 Å². The lowest BCUT2D eigenvalue weighted by Crippen LogP contribution is -2.12. The predicted octanol–water partition coefficient (Wildman–Crippen LogP) is 3.47. The molecule has 0 aromatic heterocycles. The zero-order valence-corrected chi connectivity index (χ0v) is 12.1. The van der Waals surface area contributed by atoms with E-state index in [1.807, 2.05) is 0 Å². The molecule has 0 radical (unpaired) electrons. The molecule has 0 bridgehead atoms. The number of unbranched alkanes of at least 4 members (excludes halogenated alkanes) is 1. The maximum absolute atomic E-state index is 11.7. The number of alkyl halides is 1. The van der Waals surface area contributed by atoms with Gasteiger partial charge >= 0.3 is 5.97 Å².